The number of halogens is 1. The fourth-order valence-corrected chi connectivity index (χ4v) is 4.73. The maximum Gasteiger partial charge on any atom is 0.266 e. The first kappa shape index (κ1) is 20.1. The third-order valence-electron chi connectivity index (χ3n) is 5.67. The minimum absolute atomic E-state index is 0.269. The topological polar surface area (TPSA) is 49.9 Å². The number of thioether (sulfide) groups is 1. The number of fused-ring (bicyclic) bond motifs is 1. The molecule has 5 rings (SSSR count). The van der Waals surface area contributed by atoms with Gasteiger partial charge in [0.05, 0.1) is 17.4 Å². The predicted molar refractivity (Wildman–Crippen MR) is 122 cm³/mol. The quantitative estimate of drug-likeness (QED) is 0.408. The van der Waals surface area contributed by atoms with Crippen molar-refractivity contribution in [1.29, 1.82) is 0 Å². The highest BCUT2D eigenvalue weighted by Crippen LogP contribution is 2.47. The van der Waals surface area contributed by atoms with Crippen molar-refractivity contribution in [2.75, 3.05) is 16.2 Å². The van der Waals surface area contributed by atoms with Gasteiger partial charge < -0.3 is 0 Å². The number of hydrogen-bond acceptors (Lipinski definition) is 5. The molecule has 3 atom stereocenters. The van der Waals surface area contributed by atoms with Crippen LogP contribution in [0.5, 0.6) is 0 Å². The van der Waals surface area contributed by atoms with Crippen LogP contribution in [0.25, 0.3) is 0 Å². The van der Waals surface area contributed by atoms with Crippen LogP contribution in [0.4, 0.5) is 11.4 Å². The van der Waals surface area contributed by atoms with Gasteiger partial charge in [-0.25, -0.2) is 9.96 Å². The molecule has 2 amide bonds. The predicted octanol–water partition coefficient (Wildman–Crippen LogP) is 5.11. The molecule has 31 heavy (non-hydrogen) atoms. The van der Waals surface area contributed by atoms with Crippen molar-refractivity contribution in [3.63, 3.8) is 0 Å². The van der Waals surface area contributed by atoms with Gasteiger partial charge in [0.15, 0.2) is 6.10 Å². The zero-order valence-corrected chi connectivity index (χ0v) is 18.2. The van der Waals surface area contributed by atoms with Gasteiger partial charge in [-0.05, 0) is 60.4 Å². The maximum absolute atomic E-state index is 13.5. The third kappa shape index (κ3) is 3.41. The molecular formula is C24H19ClN2O3S. The number of nitrogens with zero attached hydrogens (tertiary/aromatic N) is 2. The Morgan fingerprint density at radius 1 is 0.839 bits per heavy atom. The first-order valence-corrected chi connectivity index (χ1v) is 11.5. The second kappa shape index (κ2) is 8.04. The van der Waals surface area contributed by atoms with Crippen molar-refractivity contribution in [2.45, 2.75) is 17.0 Å². The number of benzene rings is 3. The average molecular weight is 451 g/mol. The molecule has 0 saturated carbocycles. The van der Waals surface area contributed by atoms with E-state index in [4.69, 9.17) is 16.4 Å². The zero-order valence-electron chi connectivity index (χ0n) is 16.6. The van der Waals surface area contributed by atoms with Crippen molar-refractivity contribution >= 4 is 46.6 Å². The summed E-state index contributed by atoms with van der Waals surface area (Å²) < 4.78 is 0. The summed E-state index contributed by atoms with van der Waals surface area (Å²) in [6, 6.07) is 23.9. The van der Waals surface area contributed by atoms with E-state index in [2.05, 4.69) is 0 Å². The largest absolute Gasteiger partial charge is 0.273 e. The smallest absolute Gasteiger partial charge is 0.266 e. The summed E-state index contributed by atoms with van der Waals surface area (Å²) in [5.74, 6) is -1.28. The summed E-state index contributed by atoms with van der Waals surface area (Å²) in [6.07, 6.45) is 1.14. The molecule has 5 nitrogen and oxygen atoms in total. The molecule has 3 aromatic carbocycles. The van der Waals surface area contributed by atoms with Gasteiger partial charge in [-0.3, -0.25) is 14.4 Å². The highest BCUT2D eigenvalue weighted by atomic mass is 35.5. The Hall–Kier alpha value is -2.80. The highest BCUT2D eigenvalue weighted by molar-refractivity contribution is 7.98. The molecule has 2 fully saturated rings. The van der Waals surface area contributed by atoms with Crippen molar-refractivity contribution in [3.8, 4) is 0 Å². The summed E-state index contributed by atoms with van der Waals surface area (Å²) >= 11 is 7.63. The van der Waals surface area contributed by atoms with E-state index >= 15 is 0 Å². The van der Waals surface area contributed by atoms with E-state index in [0.29, 0.717) is 10.7 Å². The Morgan fingerprint density at radius 3 is 2.16 bits per heavy atom. The molecule has 2 heterocycles. The van der Waals surface area contributed by atoms with Crippen LogP contribution in [-0.2, 0) is 14.4 Å². The van der Waals surface area contributed by atoms with Crippen LogP contribution >= 0.6 is 23.4 Å². The second-order valence-corrected chi connectivity index (χ2v) is 8.74. The van der Waals surface area contributed by atoms with Crippen LogP contribution in [0.1, 0.15) is 11.6 Å². The molecule has 156 valence electrons. The molecule has 0 aliphatic carbocycles. The second-order valence-electron chi connectivity index (χ2n) is 7.42. The van der Waals surface area contributed by atoms with E-state index in [1.165, 1.54) is 4.90 Å². The Bertz CT molecular complexity index is 1120. The van der Waals surface area contributed by atoms with E-state index in [0.717, 1.165) is 16.1 Å². The van der Waals surface area contributed by atoms with Gasteiger partial charge in [0.25, 0.3) is 5.91 Å². The highest BCUT2D eigenvalue weighted by Gasteiger charge is 2.60. The molecule has 2 aliphatic rings. The number of para-hydroxylation sites is 1. The Labute approximate surface area is 189 Å². The molecule has 0 unspecified atom stereocenters. The Morgan fingerprint density at radius 2 is 1.52 bits per heavy atom. The SMILES string of the molecule is CSc1ccc([C@H]2[C@H]3C(=O)N(c4ccc(Cl)cc4)C(=O)[C@H]3ON2c2ccccc2)cc1. The van der Waals surface area contributed by atoms with Gasteiger partial charge in [0, 0.05) is 9.92 Å². The lowest BCUT2D eigenvalue weighted by molar-refractivity contribution is -0.126. The van der Waals surface area contributed by atoms with Crippen molar-refractivity contribution in [2.24, 2.45) is 5.92 Å². The lowest BCUT2D eigenvalue weighted by Gasteiger charge is -2.28. The van der Waals surface area contributed by atoms with Gasteiger partial charge in [-0.15, -0.1) is 11.8 Å². The summed E-state index contributed by atoms with van der Waals surface area (Å²) in [6.45, 7) is 0. The van der Waals surface area contributed by atoms with Crippen molar-refractivity contribution < 1.29 is 14.4 Å². The van der Waals surface area contributed by atoms with Crippen LogP contribution < -0.4 is 9.96 Å². The van der Waals surface area contributed by atoms with Gasteiger partial charge in [0.2, 0.25) is 5.91 Å². The number of imide groups is 1. The molecule has 3 aromatic rings. The van der Waals surface area contributed by atoms with Crippen LogP contribution in [0.2, 0.25) is 5.02 Å². The first-order valence-electron chi connectivity index (χ1n) is 9.87. The Balaban J connectivity index is 1.57. The molecule has 0 aromatic heterocycles. The van der Waals surface area contributed by atoms with Crippen molar-refractivity contribution in [3.05, 3.63) is 89.4 Å². The summed E-state index contributed by atoms with van der Waals surface area (Å²) in [4.78, 5) is 35.3. The normalized spacial score (nSPS) is 22.8. The number of hydroxylamine groups is 1. The third-order valence-corrected chi connectivity index (χ3v) is 6.66. The summed E-state index contributed by atoms with van der Waals surface area (Å²) in [7, 11) is 0. The molecular weight excluding hydrogens is 432 g/mol. The van der Waals surface area contributed by atoms with Gasteiger partial charge >= 0.3 is 0 Å². The summed E-state index contributed by atoms with van der Waals surface area (Å²) in [5, 5.41) is 2.25. The van der Waals surface area contributed by atoms with E-state index in [-0.39, 0.29) is 11.8 Å². The van der Waals surface area contributed by atoms with Crippen LogP contribution in [-0.4, -0.2) is 24.2 Å². The van der Waals surface area contributed by atoms with Crippen LogP contribution in [0, 0.1) is 5.92 Å². The number of carbonyl (C=O) groups excluding carboxylic acids is 2. The monoisotopic (exact) mass is 450 g/mol. The fourth-order valence-electron chi connectivity index (χ4n) is 4.20. The minimum atomic E-state index is -0.881. The van der Waals surface area contributed by atoms with Gasteiger partial charge in [-0.2, -0.15) is 0 Å². The lowest BCUT2D eigenvalue weighted by atomic mass is 9.90. The number of amides is 2. The molecule has 2 saturated heterocycles. The van der Waals surface area contributed by atoms with E-state index in [1.54, 1.807) is 41.1 Å². The standard InChI is InChI=1S/C24H19ClN2O3S/c1-31-19-13-7-15(8-14-19)21-20-22(30-27(21)18-5-3-2-4-6-18)24(29)26(23(20)28)17-11-9-16(25)10-12-17/h2-14,20-22H,1H3/t20-,21+,22+/m1/s1. The fraction of sp³-hybridized carbons (Fsp3) is 0.167. The minimum Gasteiger partial charge on any atom is -0.273 e. The average Bonchev–Trinajstić information content (AvgIpc) is 3.31. The Kier molecular flexibility index (Phi) is 5.22. The molecule has 0 bridgehead atoms. The molecule has 0 radical (unpaired) electrons. The van der Waals surface area contributed by atoms with E-state index < -0.39 is 18.1 Å². The zero-order chi connectivity index (χ0) is 21.5. The number of anilines is 2. The molecule has 0 N–H and O–H groups in total. The first-order chi connectivity index (χ1) is 15.1. The van der Waals surface area contributed by atoms with Crippen LogP contribution in [0.3, 0.4) is 0 Å². The molecule has 0 spiro atoms. The maximum atomic E-state index is 13.5. The van der Waals surface area contributed by atoms with Crippen molar-refractivity contribution in [1.82, 2.24) is 0 Å². The van der Waals surface area contributed by atoms with Crippen LogP contribution in [0.15, 0.2) is 83.8 Å². The number of hydrogen-bond donors (Lipinski definition) is 0. The lowest BCUT2D eigenvalue weighted by Crippen LogP contribution is -2.37. The van der Waals surface area contributed by atoms with Gasteiger partial charge in [-0.1, -0.05) is 41.9 Å². The molecule has 2 aliphatic heterocycles. The van der Waals surface area contributed by atoms with Gasteiger partial charge in [0.1, 0.15) is 5.92 Å². The van der Waals surface area contributed by atoms with E-state index in [1.807, 2.05) is 60.9 Å². The number of rotatable bonds is 4. The molecule has 7 heteroatoms. The number of carbonyl (C=O) groups is 2. The van der Waals surface area contributed by atoms with E-state index in [9.17, 15) is 9.59 Å². The summed E-state index contributed by atoms with van der Waals surface area (Å²) in [5.41, 5.74) is 2.22.